The average molecular weight is 315 g/mol. The van der Waals surface area contributed by atoms with Crippen molar-refractivity contribution in [2.75, 3.05) is 5.32 Å². The number of esters is 1. The number of hydrogen-bond donors (Lipinski definition) is 1. The maximum Gasteiger partial charge on any atom is 0.313 e. The molecule has 1 saturated heterocycles. The lowest BCUT2D eigenvalue weighted by Crippen LogP contribution is -2.50. The van der Waals surface area contributed by atoms with Gasteiger partial charge in [0, 0.05) is 16.7 Å². The Kier molecular flexibility index (Phi) is 3.19. The van der Waals surface area contributed by atoms with Crippen LogP contribution >= 0.6 is 0 Å². The quantitative estimate of drug-likeness (QED) is 0.687. The standard InChI is InChI=1S/C18H21NO4/c1-11(20)12-5-7-13(8-6-12)19-14(21)18-10-9-17(4,15(22)23-18)16(18,2)3/h5-8H,9-10H2,1-4H3,(H,19,21). The van der Waals surface area contributed by atoms with Crippen molar-refractivity contribution in [1.82, 2.24) is 0 Å². The third-order valence-electron chi connectivity index (χ3n) is 6.00. The summed E-state index contributed by atoms with van der Waals surface area (Å²) in [6, 6.07) is 6.70. The highest BCUT2D eigenvalue weighted by Gasteiger charge is 2.75. The number of nitrogens with one attached hydrogen (secondary N) is 1. The van der Waals surface area contributed by atoms with E-state index in [0.717, 1.165) is 0 Å². The lowest BCUT2D eigenvalue weighted by Gasteiger charge is -2.35. The number of ketones is 1. The van der Waals surface area contributed by atoms with E-state index in [-0.39, 0.29) is 17.7 Å². The molecule has 5 nitrogen and oxygen atoms in total. The zero-order valence-electron chi connectivity index (χ0n) is 13.9. The molecule has 3 rings (SSSR count). The van der Waals surface area contributed by atoms with Gasteiger partial charge in [-0.2, -0.15) is 0 Å². The number of anilines is 1. The summed E-state index contributed by atoms with van der Waals surface area (Å²) in [5.41, 5.74) is -1.15. The fourth-order valence-electron chi connectivity index (χ4n) is 3.77. The van der Waals surface area contributed by atoms with Gasteiger partial charge < -0.3 is 10.1 Å². The van der Waals surface area contributed by atoms with Crippen LogP contribution in [-0.4, -0.2) is 23.3 Å². The first-order valence-corrected chi connectivity index (χ1v) is 7.80. The van der Waals surface area contributed by atoms with E-state index in [1.807, 2.05) is 20.8 Å². The van der Waals surface area contributed by atoms with Crippen LogP contribution in [0.4, 0.5) is 5.69 Å². The van der Waals surface area contributed by atoms with E-state index in [0.29, 0.717) is 24.1 Å². The second-order valence-corrected chi connectivity index (χ2v) is 7.26. The third-order valence-corrected chi connectivity index (χ3v) is 6.00. The van der Waals surface area contributed by atoms with E-state index in [1.54, 1.807) is 24.3 Å². The van der Waals surface area contributed by atoms with Crippen LogP contribution in [0.3, 0.4) is 0 Å². The number of hydrogen-bond acceptors (Lipinski definition) is 4. The Balaban J connectivity index is 1.86. The van der Waals surface area contributed by atoms with Gasteiger partial charge in [-0.1, -0.05) is 13.8 Å². The van der Waals surface area contributed by atoms with E-state index in [9.17, 15) is 14.4 Å². The number of carbonyl (C=O) groups is 3. The summed E-state index contributed by atoms with van der Waals surface area (Å²) in [5.74, 6) is -0.623. The average Bonchev–Trinajstić information content (AvgIpc) is 2.78. The molecular formula is C18H21NO4. The predicted octanol–water partition coefficient (Wildman–Crippen LogP) is 2.95. The molecule has 2 fully saturated rings. The minimum Gasteiger partial charge on any atom is -0.448 e. The monoisotopic (exact) mass is 315 g/mol. The summed E-state index contributed by atoms with van der Waals surface area (Å²) in [4.78, 5) is 36.4. The third kappa shape index (κ3) is 1.89. The van der Waals surface area contributed by atoms with Gasteiger partial charge in [-0.05, 0) is 51.0 Å². The van der Waals surface area contributed by atoms with E-state index in [4.69, 9.17) is 4.74 Å². The molecule has 1 aromatic rings. The van der Waals surface area contributed by atoms with Crippen molar-refractivity contribution in [3.8, 4) is 0 Å². The first kappa shape index (κ1) is 15.7. The van der Waals surface area contributed by atoms with Crippen molar-refractivity contribution in [2.45, 2.75) is 46.1 Å². The summed E-state index contributed by atoms with van der Waals surface area (Å²) in [6.45, 7) is 7.21. The number of fused-ring (bicyclic) bond motifs is 2. The highest BCUT2D eigenvalue weighted by Crippen LogP contribution is 2.65. The Bertz CT molecular complexity index is 706. The number of ether oxygens (including phenoxy) is 1. The molecule has 2 aliphatic rings. The van der Waals surface area contributed by atoms with E-state index in [2.05, 4.69) is 5.32 Å². The Hall–Kier alpha value is -2.17. The highest BCUT2D eigenvalue weighted by atomic mass is 16.6. The van der Waals surface area contributed by atoms with Gasteiger partial charge in [-0.25, -0.2) is 0 Å². The fourth-order valence-corrected chi connectivity index (χ4v) is 3.77. The summed E-state index contributed by atoms with van der Waals surface area (Å²) in [6.07, 6.45) is 1.18. The van der Waals surface area contributed by atoms with Crippen LogP contribution in [-0.2, 0) is 14.3 Å². The molecule has 0 aromatic heterocycles. The zero-order valence-corrected chi connectivity index (χ0v) is 13.9. The Morgan fingerprint density at radius 1 is 1.09 bits per heavy atom. The van der Waals surface area contributed by atoms with E-state index >= 15 is 0 Å². The fraction of sp³-hybridized carbons (Fsp3) is 0.500. The minimum absolute atomic E-state index is 0.0288. The number of carbonyl (C=O) groups excluding carboxylic acids is 3. The molecule has 5 heteroatoms. The second-order valence-electron chi connectivity index (χ2n) is 7.26. The van der Waals surface area contributed by atoms with Gasteiger partial charge in [0.2, 0.25) is 0 Å². The smallest absolute Gasteiger partial charge is 0.313 e. The lowest BCUT2D eigenvalue weighted by atomic mass is 9.66. The molecule has 1 heterocycles. The number of rotatable bonds is 3. The van der Waals surface area contributed by atoms with Gasteiger partial charge in [0.25, 0.3) is 5.91 Å². The van der Waals surface area contributed by atoms with Crippen molar-refractivity contribution >= 4 is 23.3 Å². The molecule has 1 saturated carbocycles. The normalized spacial score (nSPS) is 30.9. The summed E-state index contributed by atoms with van der Waals surface area (Å²) in [7, 11) is 0. The van der Waals surface area contributed by atoms with Crippen molar-refractivity contribution in [2.24, 2.45) is 10.8 Å². The molecule has 1 aromatic carbocycles. The van der Waals surface area contributed by atoms with Crippen LogP contribution in [0.2, 0.25) is 0 Å². The number of benzene rings is 1. The van der Waals surface area contributed by atoms with Gasteiger partial charge >= 0.3 is 5.97 Å². The Labute approximate surface area is 135 Å². The van der Waals surface area contributed by atoms with E-state index in [1.165, 1.54) is 6.92 Å². The second kappa shape index (κ2) is 4.66. The van der Waals surface area contributed by atoms with Crippen LogP contribution in [0.25, 0.3) is 0 Å². The van der Waals surface area contributed by atoms with Gasteiger partial charge in [0.1, 0.15) is 0 Å². The highest BCUT2D eigenvalue weighted by molar-refractivity contribution is 6.03. The minimum atomic E-state index is -1.13. The van der Waals surface area contributed by atoms with Crippen LogP contribution in [0.15, 0.2) is 24.3 Å². The van der Waals surface area contributed by atoms with Crippen LogP contribution in [0.5, 0.6) is 0 Å². The summed E-state index contributed by atoms with van der Waals surface area (Å²) in [5, 5.41) is 2.83. The SMILES string of the molecule is CC(=O)c1ccc(NC(=O)C23CCC(C)(C(=O)O2)C3(C)C)cc1. The molecule has 2 atom stereocenters. The molecule has 23 heavy (non-hydrogen) atoms. The largest absolute Gasteiger partial charge is 0.448 e. The van der Waals surface area contributed by atoms with Crippen LogP contribution in [0, 0.1) is 10.8 Å². The summed E-state index contributed by atoms with van der Waals surface area (Å²) >= 11 is 0. The van der Waals surface area contributed by atoms with Crippen LogP contribution < -0.4 is 5.32 Å². The van der Waals surface area contributed by atoms with Crippen molar-refractivity contribution in [1.29, 1.82) is 0 Å². The summed E-state index contributed by atoms with van der Waals surface area (Å²) < 4.78 is 5.56. The molecule has 0 radical (unpaired) electrons. The van der Waals surface area contributed by atoms with Crippen molar-refractivity contribution in [3.63, 3.8) is 0 Å². The lowest BCUT2D eigenvalue weighted by molar-refractivity contribution is -0.165. The molecule has 2 unspecified atom stereocenters. The molecule has 0 spiro atoms. The van der Waals surface area contributed by atoms with Gasteiger partial charge in [-0.15, -0.1) is 0 Å². The zero-order chi connectivity index (χ0) is 17.0. The maximum absolute atomic E-state index is 12.9. The molecule has 122 valence electrons. The molecule has 1 amide bonds. The Morgan fingerprint density at radius 2 is 1.70 bits per heavy atom. The molecule has 1 aliphatic heterocycles. The van der Waals surface area contributed by atoms with Crippen LogP contribution in [0.1, 0.15) is 50.9 Å². The molecule has 1 N–H and O–H groups in total. The molecular weight excluding hydrogens is 294 g/mol. The van der Waals surface area contributed by atoms with Gasteiger partial charge in [-0.3, -0.25) is 14.4 Å². The van der Waals surface area contributed by atoms with Crippen molar-refractivity contribution in [3.05, 3.63) is 29.8 Å². The van der Waals surface area contributed by atoms with E-state index < -0.39 is 16.4 Å². The predicted molar refractivity (Wildman–Crippen MR) is 85.0 cm³/mol. The first-order valence-electron chi connectivity index (χ1n) is 7.80. The topological polar surface area (TPSA) is 72.5 Å². The molecule has 2 bridgehead atoms. The van der Waals surface area contributed by atoms with Gasteiger partial charge in [0.05, 0.1) is 5.41 Å². The number of amides is 1. The molecule has 1 aliphatic carbocycles. The Morgan fingerprint density at radius 3 is 2.13 bits per heavy atom. The van der Waals surface area contributed by atoms with Gasteiger partial charge in [0.15, 0.2) is 11.4 Å². The maximum atomic E-state index is 12.9. The number of Topliss-reactive ketones (excluding diaryl/α,β-unsaturated/α-hetero) is 1. The first-order chi connectivity index (χ1) is 10.6. The van der Waals surface area contributed by atoms with Crippen molar-refractivity contribution < 1.29 is 19.1 Å².